The van der Waals surface area contributed by atoms with Gasteiger partial charge in [-0.05, 0) is 19.8 Å². The fraction of sp³-hybridized carbons (Fsp3) is 0.400. The van der Waals surface area contributed by atoms with Crippen molar-refractivity contribution in [1.29, 1.82) is 0 Å². The Morgan fingerprint density at radius 2 is 1.73 bits per heavy atom. The van der Waals surface area contributed by atoms with Crippen LogP contribution in [-0.4, -0.2) is 11.7 Å². The first-order valence-electron chi connectivity index (χ1n) is 3.95. The van der Waals surface area contributed by atoms with Gasteiger partial charge in [0.1, 0.15) is 0 Å². The normalized spacial score (nSPS) is 12.5. The molecule has 0 aromatic carbocycles. The molecule has 0 fully saturated rings. The zero-order chi connectivity index (χ0) is 8.36. The summed E-state index contributed by atoms with van der Waals surface area (Å²) in [6.45, 7) is 2.15. The maximum atomic E-state index is 8.39. The van der Waals surface area contributed by atoms with Gasteiger partial charge in [0, 0.05) is 0 Å². The lowest BCUT2D eigenvalue weighted by Crippen LogP contribution is -1.70. The molecule has 0 aromatic heterocycles. The van der Waals surface area contributed by atoms with E-state index in [0.717, 1.165) is 12.8 Å². The van der Waals surface area contributed by atoms with E-state index in [1.165, 1.54) is 0 Å². The van der Waals surface area contributed by atoms with Gasteiger partial charge in [-0.1, -0.05) is 36.5 Å². The Morgan fingerprint density at radius 1 is 1.00 bits per heavy atom. The van der Waals surface area contributed by atoms with Crippen molar-refractivity contribution in [3.8, 4) is 0 Å². The van der Waals surface area contributed by atoms with E-state index in [0.29, 0.717) is 0 Å². The number of allylic oxidation sites excluding steroid dienone is 5. The quantitative estimate of drug-likeness (QED) is 0.364. The van der Waals surface area contributed by atoms with Crippen molar-refractivity contribution in [2.75, 3.05) is 6.61 Å². The summed E-state index contributed by atoms with van der Waals surface area (Å²) in [6, 6.07) is 0. The smallest absolute Gasteiger partial charge is 0.0612 e. The average molecular weight is 152 g/mol. The number of hydrogen-bond acceptors (Lipinski definition) is 1. The predicted octanol–water partition coefficient (Wildman–Crippen LogP) is 2.45. The first kappa shape index (κ1) is 10.2. The van der Waals surface area contributed by atoms with E-state index in [2.05, 4.69) is 6.08 Å². The lowest BCUT2D eigenvalue weighted by atomic mass is 10.2. The summed E-state index contributed by atoms with van der Waals surface area (Å²) in [5, 5.41) is 8.39. The van der Waals surface area contributed by atoms with Gasteiger partial charge in [0.2, 0.25) is 0 Å². The highest BCUT2D eigenvalue weighted by atomic mass is 16.2. The minimum absolute atomic E-state index is 0.151. The van der Waals surface area contributed by atoms with E-state index in [1.807, 2.05) is 31.2 Å². The number of rotatable bonds is 5. The molecule has 0 rings (SSSR count). The van der Waals surface area contributed by atoms with Crippen LogP contribution in [0.5, 0.6) is 0 Å². The highest BCUT2D eigenvalue weighted by Crippen LogP contribution is 1.92. The van der Waals surface area contributed by atoms with Gasteiger partial charge in [0.15, 0.2) is 0 Å². The summed E-state index contributed by atoms with van der Waals surface area (Å²) < 4.78 is 0. The van der Waals surface area contributed by atoms with Gasteiger partial charge in [-0.2, -0.15) is 0 Å². The third kappa shape index (κ3) is 9.18. The fourth-order valence-corrected chi connectivity index (χ4v) is 0.671. The molecule has 0 aliphatic rings. The Labute approximate surface area is 68.7 Å². The Hall–Kier alpha value is -0.820. The van der Waals surface area contributed by atoms with Crippen LogP contribution >= 0.6 is 0 Å². The molecule has 0 unspecified atom stereocenters. The number of aliphatic hydroxyl groups is 1. The van der Waals surface area contributed by atoms with Crippen LogP contribution in [0.2, 0.25) is 0 Å². The zero-order valence-electron chi connectivity index (χ0n) is 7.03. The molecule has 1 nitrogen and oxygen atoms in total. The molecule has 1 N–H and O–H groups in total. The monoisotopic (exact) mass is 152 g/mol. The van der Waals surface area contributed by atoms with Crippen LogP contribution in [0.1, 0.15) is 19.8 Å². The van der Waals surface area contributed by atoms with E-state index in [9.17, 15) is 0 Å². The lowest BCUT2D eigenvalue weighted by molar-refractivity contribution is 0.342. The second-order valence-corrected chi connectivity index (χ2v) is 2.19. The van der Waals surface area contributed by atoms with Gasteiger partial charge in [-0.15, -0.1) is 0 Å². The first-order chi connectivity index (χ1) is 5.41. The van der Waals surface area contributed by atoms with Crippen molar-refractivity contribution in [2.45, 2.75) is 19.8 Å². The maximum absolute atomic E-state index is 8.39. The minimum Gasteiger partial charge on any atom is -0.392 e. The van der Waals surface area contributed by atoms with E-state index >= 15 is 0 Å². The van der Waals surface area contributed by atoms with Gasteiger partial charge in [0.25, 0.3) is 0 Å². The van der Waals surface area contributed by atoms with Gasteiger partial charge in [0.05, 0.1) is 6.61 Å². The van der Waals surface area contributed by atoms with Crippen LogP contribution in [0, 0.1) is 0 Å². The van der Waals surface area contributed by atoms with Crippen molar-refractivity contribution in [3.05, 3.63) is 36.5 Å². The van der Waals surface area contributed by atoms with Gasteiger partial charge < -0.3 is 5.11 Å². The van der Waals surface area contributed by atoms with Gasteiger partial charge in [-0.3, -0.25) is 0 Å². The topological polar surface area (TPSA) is 20.2 Å². The van der Waals surface area contributed by atoms with E-state index in [1.54, 1.807) is 6.08 Å². The Bertz CT molecular complexity index is 143. The van der Waals surface area contributed by atoms with E-state index in [4.69, 9.17) is 5.11 Å². The molecule has 0 bridgehead atoms. The summed E-state index contributed by atoms with van der Waals surface area (Å²) in [5.74, 6) is 0. The number of unbranched alkanes of at least 4 members (excludes halogenated alkanes) is 1. The SMILES string of the molecule is C/C=C/C=C\CC/C=C/CO. The molecule has 0 saturated carbocycles. The first-order valence-corrected chi connectivity index (χ1v) is 3.95. The summed E-state index contributed by atoms with van der Waals surface area (Å²) in [4.78, 5) is 0. The molecule has 62 valence electrons. The molecule has 0 aromatic rings. The highest BCUT2D eigenvalue weighted by molar-refractivity contribution is 5.01. The van der Waals surface area contributed by atoms with E-state index < -0.39 is 0 Å². The average Bonchev–Trinajstić information content (AvgIpc) is 2.03. The number of aliphatic hydroxyl groups excluding tert-OH is 1. The van der Waals surface area contributed by atoms with Crippen LogP contribution in [0.15, 0.2) is 36.5 Å². The van der Waals surface area contributed by atoms with Crippen molar-refractivity contribution >= 4 is 0 Å². The minimum atomic E-state index is 0.151. The summed E-state index contributed by atoms with van der Waals surface area (Å²) in [5.41, 5.74) is 0. The van der Waals surface area contributed by atoms with Crippen molar-refractivity contribution in [1.82, 2.24) is 0 Å². The number of hydrogen-bond donors (Lipinski definition) is 1. The van der Waals surface area contributed by atoms with Crippen molar-refractivity contribution in [3.63, 3.8) is 0 Å². The maximum Gasteiger partial charge on any atom is 0.0612 e. The second-order valence-electron chi connectivity index (χ2n) is 2.19. The Balaban J connectivity index is 3.20. The second kappa shape index (κ2) is 9.18. The predicted molar refractivity (Wildman–Crippen MR) is 49.4 cm³/mol. The molecule has 0 spiro atoms. The highest BCUT2D eigenvalue weighted by Gasteiger charge is 1.73. The third-order valence-electron chi connectivity index (χ3n) is 1.21. The van der Waals surface area contributed by atoms with Gasteiger partial charge in [-0.25, -0.2) is 0 Å². The summed E-state index contributed by atoms with van der Waals surface area (Å²) >= 11 is 0. The van der Waals surface area contributed by atoms with Crippen LogP contribution in [0.3, 0.4) is 0 Å². The van der Waals surface area contributed by atoms with Crippen LogP contribution in [-0.2, 0) is 0 Å². The molecule has 0 saturated heterocycles. The van der Waals surface area contributed by atoms with Crippen LogP contribution in [0.25, 0.3) is 0 Å². The third-order valence-corrected chi connectivity index (χ3v) is 1.21. The van der Waals surface area contributed by atoms with Crippen LogP contribution < -0.4 is 0 Å². The Kier molecular flexibility index (Phi) is 8.50. The van der Waals surface area contributed by atoms with Crippen molar-refractivity contribution in [2.24, 2.45) is 0 Å². The molecular formula is C10H16O. The molecular weight excluding hydrogens is 136 g/mol. The molecule has 0 amide bonds. The standard InChI is InChI=1S/C10H16O/c1-2-3-4-5-6-7-8-9-10-11/h2-5,8-9,11H,6-7,10H2,1H3/b3-2+,5-4-,9-8+. The summed E-state index contributed by atoms with van der Waals surface area (Å²) in [6.07, 6.45) is 14.0. The molecule has 11 heavy (non-hydrogen) atoms. The Morgan fingerprint density at radius 3 is 2.36 bits per heavy atom. The largest absolute Gasteiger partial charge is 0.392 e. The summed E-state index contributed by atoms with van der Waals surface area (Å²) in [7, 11) is 0. The molecule has 0 aliphatic carbocycles. The molecule has 0 aliphatic heterocycles. The molecule has 0 radical (unpaired) electrons. The zero-order valence-corrected chi connectivity index (χ0v) is 7.03. The molecule has 0 heterocycles. The molecule has 1 heteroatoms. The fourth-order valence-electron chi connectivity index (χ4n) is 0.671. The van der Waals surface area contributed by atoms with Crippen LogP contribution in [0.4, 0.5) is 0 Å². The molecule has 0 atom stereocenters. The lowest BCUT2D eigenvalue weighted by Gasteiger charge is -1.84. The van der Waals surface area contributed by atoms with E-state index in [-0.39, 0.29) is 6.61 Å². The van der Waals surface area contributed by atoms with Gasteiger partial charge >= 0.3 is 0 Å². The van der Waals surface area contributed by atoms with Crippen molar-refractivity contribution < 1.29 is 5.11 Å².